The number of halogens is 3. The molecule has 152 valence electrons. The van der Waals surface area contributed by atoms with Crippen molar-refractivity contribution in [3.05, 3.63) is 101 Å². The number of nitrogens with zero attached hydrogens (tertiary/aromatic N) is 1. The molecule has 0 aliphatic rings. The van der Waals surface area contributed by atoms with Crippen LogP contribution in [0.5, 0.6) is 5.75 Å². The standard InChI is InChI=1S/C23H22F3NO2/c24-19-9-6-17(7-10-19)13-27(14-18-8-11-20(25)12-23(18)26)15-21(28)16-29-22-4-2-1-3-5-22/h1-12,21,28H,13-16H2/t21-/m1/s1. The molecule has 1 N–H and O–H groups in total. The Balaban J connectivity index is 1.68. The first-order chi connectivity index (χ1) is 14.0. The van der Waals surface area contributed by atoms with Gasteiger partial charge in [0.2, 0.25) is 0 Å². The van der Waals surface area contributed by atoms with Gasteiger partial charge in [-0.05, 0) is 35.9 Å². The second-order valence-corrected chi connectivity index (χ2v) is 6.81. The fourth-order valence-corrected chi connectivity index (χ4v) is 2.98. The summed E-state index contributed by atoms with van der Waals surface area (Å²) in [6.07, 6.45) is -0.834. The number of hydrogen-bond acceptors (Lipinski definition) is 3. The van der Waals surface area contributed by atoms with Crippen LogP contribution < -0.4 is 4.74 Å². The van der Waals surface area contributed by atoms with Crippen molar-refractivity contribution in [1.29, 1.82) is 0 Å². The molecule has 0 unspecified atom stereocenters. The Morgan fingerprint density at radius 3 is 2.21 bits per heavy atom. The van der Waals surface area contributed by atoms with Crippen molar-refractivity contribution >= 4 is 0 Å². The molecule has 3 rings (SSSR count). The van der Waals surface area contributed by atoms with Gasteiger partial charge in [-0.1, -0.05) is 36.4 Å². The Kier molecular flexibility index (Phi) is 7.27. The van der Waals surface area contributed by atoms with Gasteiger partial charge in [0.1, 0.15) is 35.9 Å². The number of para-hydroxylation sites is 1. The molecule has 0 fully saturated rings. The third-order valence-electron chi connectivity index (χ3n) is 4.38. The largest absolute Gasteiger partial charge is 0.491 e. The lowest BCUT2D eigenvalue weighted by atomic mass is 10.1. The number of rotatable bonds is 9. The highest BCUT2D eigenvalue weighted by Gasteiger charge is 2.16. The van der Waals surface area contributed by atoms with Crippen molar-refractivity contribution in [2.45, 2.75) is 19.2 Å². The van der Waals surface area contributed by atoms with Crippen molar-refractivity contribution in [3.63, 3.8) is 0 Å². The van der Waals surface area contributed by atoms with Crippen LogP contribution in [0.2, 0.25) is 0 Å². The van der Waals surface area contributed by atoms with Crippen molar-refractivity contribution < 1.29 is 23.0 Å². The van der Waals surface area contributed by atoms with Crippen LogP contribution in [-0.2, 0) is 13.1 Å². The van der Waals surface area contributed by atoms with E-state index in [0.717, 1.165) is 11.6 Å². The minimum Gasteiger partial charge on any atom is -0.491 e. The van der Waals surface area contributed by atoms with Crippen molar-refractivity contribution in [3.8, 4) is 5.75 Å². The smallest absolute Gasteiger partial charge is 0.130 e. The number of aliphatic hydroxyl groups excluding tert-OH is 1. The Hall–Kier alpha value is -2.83. The van der Waals surface area contributed by atoms with Crippen LogP contribution in [0.4, 0.5) is 13.2 Å². The van der Waals surface area contributed by atoms with Gasteiger partial charge in [0.15, 0.2) is 0 Å². The van der Waals surface area contributed by atoms with E-state index in [2.05, 4.69) is 0 Å². The van der Waals surface area contributed by atoms with Gasteiger partial charge in [0.05, 0.1) is 0 Å². The van der Waals surface area contributed by atoms with Crippen molar-refractivity contribution in [2.75, 3.05) is 13.2 Å². The van der Waals surface area contributed by atoms with Crippen molar-refractivity contribution in [2.24, 2.45) is 0 Å². The third kappa shape index (κ3) is 6.62. The lowest BCUT2D eigenvalue weighted by Gasteiger charge is -2.25. The maximum atomic E-state index is 14.1. The molecule has 6 heteroatoms. The normalized spacial score (nSPS) is 12.2. The highest BCUT2D eigenvalue weighted by Crippen LogP contribution is 2.16. The van der Waals surface area contributed by atoms with Gasteiger partial charge in [0.25, 0.3) is 0 Å². The lowest BCUT2D eigenvalue weighted by molar-refractivity contribution is 0.0624. The first kappa shape index (κ1) is 20.9. The molecule has 0 aromatic heterocycles. The Morgan fingerprint density at radius 2 is 1.52 bits per heavy atom. The van der Waals surface area contributed by atoms with Gasteiger partial charge in [-0.15, -0.1) is 0 Å². The third-order valence-corrected chi connectivity index (χ3v) is 4.38. The summed E-state index contributed by atoms with van der Waals surface area (Å²) in [4.78, 5) is 1.81. The minimum atomic E-state index is -0.834. The second kappa shape index (κ2) is 10.1. The van der Waals surface area contributed by atoms with E-state index >= 15 is 0 Å². The second-order valence-electron chi connectivity index (χ2n) is 6.81. The zero-order chi connectivity index (χ0) is 20.6. The molecular weight excluding hydrogens is 379 g/mol. The molecule has 0 saturated carbocycles. The first-order valence-corrected chi connectivity index (χ1v) is 9.26. The van der Waals surface area contributed by atoms with Crippen LogP contribution in [0.25, 0.3) is 0 Å². The zero-order valence-electron chi connectivity index (χ0n) is 15.8. The molecule has 29 heavy (non-hydrogen) atoms. The fraction of sp³-hybridized carbons (Fsp3) is 0.217. The molecule has 1 atom stereocenters. The van der Waals surface area contributed by atoms with E-state index < -0.39 is 17.7 Å². The minimum absolute atomic E-state index is 0.0653. The van der Waals surface area contributed by atoms with E-state index in [1.165, 1.54) is 24.3 Å². The molecule has 0 radical (unpaired) electrons. The van der Waals surface area contributed by atoms with Gasteiger partial charge in [0, 0.05) is 31.3 Å². The van der Waals surface area contributed by atoms with Gasteiger partial charge in [-0.25, -0.2) is 13.2 Å². The summed E-state index contributed by atoms with van der Waals surface area (Å²) in [7, 11) is 0. The molecule has 3 aromatic carbocycles. The van der Waals surface area contributed by atoms with E-state index in [4.69, 9.17) is 4.74 Å². The van der Waals surface area contributed by atoms with Gasteiger partial charge < -0.3 is 9.84 Å². The lowest BCUT2D eigenvalue weighted by Crippen LogP contribution is -2.35. The zero-order valence-corrected chi connectivity index (χ0v) is 15.8. The van der Waals surface area contributed by atoms with E-state index in [1.54, 1.807) is 24.3 Å². The summed E-state index contributed by atoms with van der Waals surface area (Å²) < 4.78 is 46.1. The number of ether oxygens (including phenoxy) is 1. The number of hydrogen-bond donors (Lipinski definition) is 1. The summed E-state index contributed by atoms with van der Waals surface area (Å²) in [6.45, 7) is 0.780. The SMILES string of the molecule is O[C@@H](COc1ccccc1)CN(Cc1ccc(F)cc1)Cc1ccc(F)cc1F. The van der Waals surface area contributed by atoms with Crippen LogP contribution in [0, 0.1) is 17.5 Å². The molecule has 0 amide bonds. The molecule has 0 spiro atoms. The van der Waals surface area contributed by atoms with E-state index in [1.807, 2.05) is 23.1 Å². The highest BCUT2D eigenvalue weighted by atomic mass is 19.1. The summed E-state index contributed by atoms with van der Waals surface area (Å²) in [5, 5.41) is 10.4. The topological polar surface area (TPSA) is 32.7 Å². The van der Waals surface area contributed by atoms with Crippen LogP contribution >= 0.6 is 0 Å². The average molecular weight is 401 g/mol. The van der Waals surface area contributed by atoms with Gasteiger partial charge in [-0.3, -0.25) is 4.90 Å². The predicted molar refractivity (Wildman–Crippen MR) is 105 cm³/mol. The molecular formula is C23H22F3NO2. The molecule has 0 aliphatic heterocycles. The maximum Gasteiger partial charge on any atom is 0.130 e. The first-order valence-electron chi connectivity index (χ1n) is 9.26. The van der Waals surface area contributed by atoms with Gasteiger partial charge in [-0.2, -0.15) is 0 Å². The van der Waals surface area contributed by atoms with Crippen LogP contribution in [-0.4, -0.2) is 29.3 Å². The van der Waals surface area contributed by atoms with E-state index in [9.17, 15) is 18.3 Å². The Labute approximate surface area is 168 Å². The molecule has 0 saturated heterocycles. The molecule has 0 bridgehead atoms. The molecule has 3 nitrogen and oxygen atoms in total. The van der Waals surface area contributed by atoms with Crippen LogP contribution in [0.15, 0.2) is 72.8 Å². The molecule has 0 heterocycles. The fourth-order valence-electron chi connectivity index (χ4n) is 2.98. The Morgan fingerprint density at radius 1 is 0.828 bits per heavy atom. The quantitative estimate of drug-likeness (QED) is 0.571. The van der Waals surface area contributed by atoms with Crippen LogP contribution in [0.3, 0.4) is 0 Å². The van der Waals surface area contributed by atoms with Crippen molar-refractivity contribution in [1.82, 2.24) is 4.90 Å². The van der Waals surface area contributed by atoms with E-state index in [-0.39, 0.29) is 25.5 Å². The Bertz CT molecular complexity index is 904. The summed E-state index contributed by atoms with van der Waals surface area (Å²) in [6, 6.07) is 18.5. The van der Waals surface area contributed by atoms with E-state index in [0.29, 0.717) is 17.9 Å². The van der Waals surface area contributed by atoms with Gasteiger partial charge >= 0.3 is 0 Å². The molecule has 0 aliphatic carbocycles. The maximum absolute atomic E-state index is 14.1. The monoisotopic (exact) mass is 401 g/mol. The number of benzene rings is 3. The summed E-state index contributed by atoms with van der Waals surface area (Å²) in [5.41, 5.74) is 1.12. The summed E-state index contributed by atoms with van der Waals surface area (Å²) >= 11 is 0. The number of aliphatic hydroxyl groups is 1. The van der Waals surface area contributed by atoms with Crippen LogP contribution in [0.1, 0.15) is 11.1 Å². The summed E-state index contributed by atoms with van der Waals surface area (Å²) in [5.74, 6) is -1.00. The average Bonchev–Trinajstić information content (AvgIpc) is 2.71. The molecule has 3 aromatic rings. The highest BCUT2D eigenvalue weighted by molar-refractivity contribution is 5.21. The predicted octanol–water partition coefficient (Wildman–Crippen LogP) is 4.55.